The molecule has 3 heterocycles. The number of rotatable bonds is 5. The fourth-order valence-electron chi connectivity index (χ4n) is 5.46. The fourth-order valence-corrected chi connectivity index (χ4v) is 7.15. The number of hydrogen-bond acceptors (Lipinski definition) is 5. The summed E-state index contributed by atoms with van der Waals surface area (Å²) in [5, 5.41) is 8.71. The van der Waals surface area contributed by atoms with Gasteiger partial charge in [-0.1, -0.05) is 56.9 Å². The summed E-state index contributed by atoms with van der Waals surface area (Å²) < 4.78 is 26.2. The van der Waals surface area contributed by atoms with E-state index >= 15 is 0 Å². The summed E-state index contributed by atoms with van der Waals surface area (Å²) in [5.41, 5.74) is 4.73. The molecule has 1 aromatic carbocycles. The van der Waals surface area contributed by atoms with E-state index in [1.165, 1.54) is 18.4 Å². The number of hydrogen-bond donors (Lipinski definition) is 1. The summed E-state index contributed by atoms with van der Waals surface area (Å²) in [6.45, 7) is 3.99. The summed E-state index contributed by atoms with van der Waals surface area (Å²) in [5.74, 6) is 0.118. The molecule has 1 saturated heterocycles. The van der Waals surface area contributed by atoms with Crippen LogP contribution in [-0.2, 0) is 16.3 Å². The van der Waals surface area contributed by atoms with Crippen molar-refractivity contribution >= 4 is 26.8 Å². The van der Waals surface area contributed by atoms with Gasteiger partial charge >= 0.3 is 0 Å². The van der Waals surface area contributed by atoms with Crippen LogP contribution in [0, 0.1) is 6.92 Å². The highest BCUT2D eigenvalue weighted by Gasteiger charge is 2.32. The van der Waals surface area contributed by atoms with E-state index in [0.717, 1.165) is 37.7 Å². The van der Waals surface area contributed by atoms with Gasteiger partial charge in [-0.3, -0.25) is 4.79 Å². The summed E-state index contributed by atoms with van der Waals surface area (Å²) in [4.78, 5) is 18.6. The van der Waals surface area contributed by atoms with E-state index in [0.29, 0.717) is 34.4 Å². The van der Waals surface area contributed by atoms with Crippen LogP contribution in [0.25, 0.3) is 22.3 Å². The largest absolute Gasteiger partial charge is 0.349 e. The molecule has 3 aromatic rings. The SMILES string of the molecule is CCc1ccc(-c2cc(C(=O)NC3CCCCCC3)c3c(C)nn(C4CCS(=O)(=O)C4)c3n2)cc1. The van der Waals surface area contributed by atoms with Gasteiger partial charge in [0.2, 0.25) is 0 Å². The number of nitrogens with one attached hydrogen (secondary N) is 1. The van der Waals surface area contributed by atoms with Crippen LogP contribution in [0.2, 0.25) is 0 Å². The lowest BCUT2D eigenvalue weighted by atomic mass is 10.0. The van der Waals surface area contributed by atoms with Gasteiger partial charge < -0.3 is 5.32 Å². The van der Waals surface area contributed by atoms with Crippen molar-refractivity contribution in [1.82, 2.24) is 20.1 Å². The molecule has 8 heteroatoms. The number of amides is 1. The number of carbonyl (C=O) groups is 1. The van der Waals surface area contributed by atoms with Gasteiger partial charge in [-0.2, -0.15) is 5.10 Å². The van der Waals surface area contributed by atoms with Crippen molar-refractivity contribution < 1.29 is 13.2 Å². The molecule has 7 nitrogen and oxygen atoms in total. The molecule has 35 heavy (non-hydrogen) atoms. The van der Waals surface area contributed by atoms with Crippen LogP contribution >= 0.6 is 0 Å². The van der Waals surface area contributed by atoms with Crippen molar-refractivity contribution in [3.05, 3.63) is 47.2 Å². The van der Waals surface area contributed by atoms with Crippen molar-refractivity contribution in [3.63, 3.8) is 0 Å². The van der Waals surface area contributed by atoms with Crippen molar-refractivity contribution in [3.8, 4) is 11.3 Å². The summed E-state index contributed by atoms with van der Waals surface area (Å²) >= 11 is 0. The second kappa shape index (κ2) is 9.72. The molecular formula is C27H34N4O3S. The van der Waals surface area contributed by atoms with Gasteiger partial charge in [0.15, 0.2) is 15.5 Å². The molecule has 2 fully saturated rings. The number of carbonyl (C=O) groups excluding carboxylic acids is 1. The molecule has 2 aromatic heterocycles. The zero-order valence-corrected chi connectivity index (χ0v) is 21.4. The minimum Gasteiger partial charge on any atom is -0.349 e. The molecule has 0 spiro atoms. The molecule has 2 aliphatic rings. The standard InChI is InChI=1S/C27H34N4O3S/c1-3-19-10-12-20(13-11-19)24-16-23(27(32)28-21-8-6-4-5-7-9-21)25-18(2)30-31(26(25)29-24)22-14-15-35(33,34)17-22/h10-13,16,21-22H,3-9,14-15,17H2,1-2H3,(H,28,32). The number of benzene rings is 1. The molecule has 1 aliphatic carbocycles. The third-order valence-corrected chi connectivity index (χ3v) is 9.23. The number of pyridine rings is 1. The van der Waals surface area contributed by atoms with Gasteiger partial charge in [-0.15, -0.1) is 0 Å². The second-order valence-corrected chi connectivity index (χ2v) is 12.3. The maximum absolute atomic E-state index is 13.6. The number of sulfone groups is 1. The Labute approximate surface area is 207 Å². The van der Waals surface area contributed by atoms with Gasteiger partial charge in [0, 0.05) is 11.6 Å². The first-order valence-corrected chi connectivity index (χ1v) is 14.7. The summed E-state index contributed by atoms with van der Waals surface area (Å²) in [7, 11) is -3.09. The molecule has 1 atom stereocenters. The zero-order chi connectivity index (χ0) is 24.6. The van der Waals surface area contributed by atoms with Crippen LogP contribution in [0.1, 0.15) is 79.5 Å². The highest BCUT2D eigenvalue weighted by atomic mass is 32.2. The number of fused-ring (bicyclic) bond motifs is 1. The fraction of sp³-hybridized carbons (Fsp3) is 0.519. The van der Waals surface area contributed by atoms with Gasteiger partial charge in [-0.05, 0) is 44.2 Å². The monoisotopic (exact) mass is 494 g/mol. The van der Waals surface area contributed by atoms with E-state index in [1.54, 1.807) is 4.68 Å². The lowest BCUT2D eigenvalue weighted by Gasteiger charge is -2.17. The minimum atomic E-state index is -3.09. The molecule has 1 saturated carbocycles. The molecule has 0 bridgehead atoms. The van der Waals surface area contributed by atoms with Gasteiger partial charge in [0.25, 0.3) is 5.91 Å². The summed E-state index contributed by atoms with van der Waals surface area (Å²) in [6, 6.07) is 10.0. The molecule has 1 aliphatic heterocycles. The summed E-state index contributed by atoms with van der Waals surface area (Å²) in [6.07, 6.45) is 8.19. The van der Waals surface area contributed by atoms with E-state index in [-0.39, 0.29) is 29.5 Å². The Morgan fingerprint density at radius 2 is 1.80 bits per heavy atom. The van der Waals surface area contributed by atoms with Gasteiger partial charge in [-0.25, -0.2) is 18.1 Å². The maximum Gasteiger partial charge on any atom is 0.252 e. The first-order valence-electron chi connectivity index (χ1n) is 12.8. The Morgan fingerprint density at radius 1 is 1.09 bits per heavy atom. The second-order valence-electron chi connectivity index (χ2n) is 10.1. The topological polar surface area (TPSA) is 94.0 Å². The average Bonchev–Trinajstić information content (AvgIpc) is 3.26. The lowest BCUT2D eigenvalue weighted by molar-refractivity contribution is 0.0935. The van der Waals surface area contributed by atoms with Crippen LogP contribution in [0.3, 0.4) is 0 Å². The van der Waals surface area contributed by atoms with Crippen molar-refractivity contribution in [2.75, 3.05) is 11.5 Å². The van der Waals surface area contributed by atoms with E-state index in [2.05, 4.69) is 24.4 Å². The van der Waals surface area contributed by atoms with Gasteiger partial charge in [0.05, 0.1) is 39.9 Å². The van der Waals surface area contributed by atoms with Crippen LogP contribution < -0.4 is 5.32 Å². The highest BCUT2D eigenvalue weighted by Crippen LogP contribution is 2.32. The van der Waals surface area contributed by atoms with Crippen molar-refractivity contribution in [2.45, 2.75) is 77.3 Å². The number of nitrogens with zero attached hydrogens (tertiary/aromatic N) is 3. The average molecular weight is 495 g/mol. The predicted octanol–water partition coefficient (Wildman–Crippen LogP) is 4.78. The van der Waals surface area contributed by atoms with E-state index in [4.69, 9.17) is 10.1 Å². The Hall–Kier alpha value is -2.74. The molecule has 1 amide bonds. The molecule has 186 valence electrons. The first kappa shape index (κ1) is 24.0. The molecular weight excluding hydrogens is 460 g/mol. The normalized spacial score (nSPS) is 20.7. The maximum atomic E-state index is 13.6. The minimum absolute atomic E-state index is 0.0595. The predicted molar refractivity (Wildman–Crippen MR) is 138 cm³/mol. The van der Waals surface area contributed by atoms with Gasteiger partial charge in [0.1, 0.15) is 0 Å². The molecule has 1 unspecified atom stereocenters. The van der Waals surface area contributed by atoms with Crippen LogP contribution in [0.15, 0.2) is 30.3 Å². The third-order valence-electron chi connectivity index (χ3n) is 7.48. The zero-order valence-electron chi connectivity index (χ0n) is 20.6. The Kier molecular flexibility index (Phi) is 6.66. The lowest BCUT2D eigenvalue weighted by Crippen LogP contribution is -2.34. The van der Waals surface area contributed by atoms with E-state index in [1.807, 2.05) is 25.1 Å². The molecule has 0 radical (unpaired) electrons. The Bertz CT molecular complexity index is 1340. The quantitative estimate of drug-likeness (QED) is 0.515. The van der Waals surface area contributed by atoms with Crippen molar-refractivity contribution in [1.29, 1.82) is 0 Å². The van der Waals surface area contributed by atoms with Crippen LogP contribution in [0.4, 0.5) is 0 Å². The first-order chi connectivity index (χ1) is 16.8. The molecule has 1 N–H and O–H groups in total. The Morgan fingerprint density at radius 3 is 2.43 bits per heavy atom. The van der Waals surface area contributed by atoms with Crippen molar-refractivity contribution in [2.24, 2.45) is 0 Å². The molecule has 5 rings (SSSR count). The smallest absolute Gasteiger partial charge is 0.252 e. The van der Waals surface area contributed by atoms with E-state index in [9.17, 15) is 13.2 Å². The van der Waals surface area contributed by atoms with Crippen LogP contribution in [-0.4, -0.2) is 46.6 Å². The Balaban J connectivity index is 1.61. The van der Waals surface area contributed by atoms with E-state index < -0.39 is 9.84 Å². The number of aromatic nitrogens is 3. The number of aryl methyl sites for hydroxylation is 2. The third kappa shape index (κ3) is 4.99. The highest BCUT2D eigenvalue weighted by molar-refractivity contribution is 7.91. The van der Waals surface area contributed by atoms with Crippen LogP contribution in [0.5, 0.6) is 0 Å².